The van der Waals surface area contributed by atoms with E-state index in [0.29, 0.717) is 17.2 Å². The molecule has 0 aliphatic heterocycles. The van der Waals surface area contributed by atoms with Crippen molar-refractivity contribution in [3.8, 4) is 17.2 Å². The van der Waals surface area contributed by atoms with E-state index in [4.69, 9.17) is 14.2 Å². The number of methoxy groups -OCH3 is 3. The highest BCUT2D eigenvalue weighted by atomic mass is 16.6. The molecular weight excluding hydrogens is 336 g/mol. The molecule has 7 heteroatoms. The first-order valence-electron chi connectivity index (χ1n) is 8.06. The molecule has 26 heavy (non-hydrogen) atoms. The van der Waals surface area contributed by atoms with Gasteiger partial charge in [0.05, 0.1) is 27.2 Å². The molecule has 1 atom stereocenters. The zero-order valence-corrected chi connectivity index (χ0v) is 14.8. The Balaban J connectivity index is 2.19. The SMILES string of the molecule is COc1cc([C@H](C[N+](=O)[O-])c2c[nH]c3ccccc23)cc(OC)c1OC. The molecule has 1 aromatic heterocycles. The van der Waals surface area contributed by atoms with Gasteiger partial charge in [0.25, 0.3) is 0 Å². The van der Waals surface area contributed by atoms with Crippen LogP contribution < -0.4 is 14.2 Å². The number of aromatic amines is 1. The van der Waals surface area contributed by atoms with Gasteiger partial charge in [0.15, 0.2) is 11.5 Å². The molecule has 0 aliphatic rings. The number of nitro groups is 1. The van der Waals surface area contributed by atoms with Crippen molar-refractivity contribution < 1.29 is 19.1 Å². The number of H-pyrrole nitrogens is 1. The minimum atomic E-state index is -0.463. The predicted molar refractivity (Wildman–Crippen MR) is 98.1 cm³/mol. The van der Waals surface area contributed by atoms with Crippen LogP contribution >= 0.6 is 0 Å². The molecule has 1 heterocycles. The monoisotopic (exact) mass is 356 g/mol. The molecule has 2 aromatic carbocycles. The van der Waals surface area contributed by atoms with Gasteiger partial charge in [0, 0.05) is 22.0 Å². The zero-order valence-electron chi connectivity index (χ0n) is 14.8. The number of para-hydroxylation sites is 1. The topological polar surface area (TPSA) is 86.6 Å². The van der Waals surface area contributed by atoms with Crippen molar-refractivity contribution in [2.75, 3.05) is 27.9 Å². The third kappa shape index (κ3) is 3.15. The van der Waals surface area contributed by atoms with Crippen LogP contribution in [-0.4, -0.2) is 37.8 Å². The van der Waals surface area contributed by atoms with Gasteiger partial charge in [-0.2, -0.15) is 0 Å². The Morgan fingerprint density at radius 2 is 1.73 bits per heavy atom. The Kier molecular flexibility index (Phi) is 4.97. The van der Waals surface area contributed by atoms with Crippen LogP contribution in [0.4, 0.5) is 0 Å². The van der Waals surface area contributed by atoms with Crippen LogP contribution in [0, 0.1) is 10.1 Å². The van der Waals surface area contributed by atoms with Gasteiger partial charge in [-0.3, -0.25) is 10.1 Å². The summed E-state index contributed by atoms with van der Waals surface area (Å²) in [6.45, 7) is -0.250. The van der Waals surface area contributed by atoms with Crippen molar-refractivity contribution in [1.82, 2.24) is 4.98 Å². The lowest BCUT2D eigenvalue weighted by molar-refractivity contribution is -0.481. The van der Waals surface area contributed by atoms with Gasteiger partial charge in [0.2, 0.25) is 12.3 Å². The second-order valence-electron chi connectivity index (χ2n) is 5.82. The normalized spacial score (nSPS) is 12.0. The number of rotatable bonds is 7. The average molecular weight is 356 g/mol. The molecule has 0 aliphatic carbocycles. The molecule has 0 fully saturated rings. The number of hydrogen-bond donors (Lipinski definition) is 1. The van der Waals surface area contributed by atoms with E-state index < -0.39 is 5.92 Å². The highest BCUT2D eigenvalue weighted by Crippen LogP contribution is 2.42. The van der Waals surface area contributed by atoms with Crippen LogP contribution in [0.2, 0.25) is 0 Å². The minimum absolute atomic E-state index is 0.250. The maximum atomic E-state index is 11.4. The molecule has 7 nitrogen and oxygen atoms in total. The first-order chi connectivity index (χ1) is 12.6. The summed E-state index contributed by atoms with van der Waals surface area (Å²) in [4.78, 5) is 14.2. The van der Waals surface area contributed by atoms with E-state index >= 15 is 0 Å². The van der Waals surface area contributed by atoms with Crippen LogP contribution in [0.3, 0.4) is 0 Å². The number of nitrogens with one attached hydrogen (secondary N) is 1. The highest BCUT2D eigenvalue weighted by Gasteiger charge is 2.26. The van der Waals surface area contributed by atoms with Crippen LogP contribution in [0.25, 0.3) is 10.9 Å². The molecule has 1 N–H and O–H groups in total. The Bertz CT molecular complexity index is 910. The quantitative estimate of drug-likeness (QED) is 0.516. The molecule has 0 unspecified atom stereocenters. The van der Waals surface area contributed by atoms with Crippen LogP contribution in [0.1, 0.15) is 17.0 Å². The third-order valence-corrected chi connectivity index (χ3v) is 4.42. The molecule has 0 saturated heterocycles. The first-order valence-corrected chi connectivity index (χ1v) is 8.06. The van der Waals surface area contributed by atoms with Crippen LogP contribution in [0.5, 0.6) is 17.2 Å². The lowest BCUT2D eigenvalue weighted by atomic mass is 9.90. The Morgan fingerprint density at radius 1 is 1.08 bits per heavy atom. The van der Waals surface area contributed by atoms with Gasteiger partial charge in [0.1, 0.15) is 0 Å². The maximum Gasteiger partial charge on any atom is 0.214 e. The summed E-state index contributed by atoms with van der Waals surface area (Å²) in [5.41, 5.74) is 2.51. The number of benzene rings is 2. The van der Waals surface area contributed by atoms with Crippen molar-refractivity contribution in [1.29, 1.82) is 0 Å². The van der Waals surface area contributed by atoms with E-state index in [1.807, 2.05) is 30.5 Å². The number of aromatic nitrogens is 1. The second kappa shape index (κ2) is 7.35. The smallest absolute Gasteiger partial charge is 0.214 e. The summed E-state index contributed by atoms with van der Waals surface area (Å²) in [5.74, 6) is 0.928. The van der Waals surface area contributed by atoms with E-state index in [2.05, 4.69) is 4.98 Å². The molecule has 136 valence electrons. The Labute approximate surface area is 150 Å². The largest absolute Gasteiger partial charge is 0.493 e. The number of ether oxygens (including phenoxy) is 3. The van der Waals surface area contributed by atoms with Gasteiger partial charge < -0.3 is 19.2 Å². The lowest BCUT2D eigenvalue weighted by Crippen LogP contribution is -2.14. The summed E-state index contributed by atoms with van der Waals surface area (Å²) in [6, 6.07) is 11.3. The van der Waals surface area contributed by atoms with Gasteiger partial charge in [-0.15, -0.1) is 0 Å². The summed E-state index contributed by atoms with van der Waals surface area (Å²) < 4.78 is 16.1. The molecule has 0 amide bonds. The molecule has 0 radical (unpaired) electrons. The fourth-order valence-electron chi connectivity index (χ4n) is 3.22. The van der Waals surface area contributed by atoms with Crippen LogP contribution in [-0.2, 0) is 0 Å². The molecular formula is C19H20N2O5. The predicted octanol–water partition coefficient (Wildman–Crippen LogP) is 3.60. The summed E-state index contributed by atoms with van der Waals surface area (Å²) in [7, 11) is 4.57. The van der Waals surface area contributed by atoms with Crippen molar-refractivity contribution >= 4 is 10.9 Å². The Morgan fingerprint density at radius 3 is 2.31 bits per heavy atom. The lowest BCUT2D eigenvalue weighted by Gasteiger charge is -2.18. The van der Waals surface area contributed by atoms with E-state index in [0.717, 1.165) is 22.0 Å². The van der Waals surface area contributed by atoms with Crippen molar-refractivity contribution in [3.05, 3.63) is 63.8 Å². The molecule has 0 bridgehead atoms. The standard InChI is InChI=1S/C19H20N2O5/c1-24-17-8-12(9-18(25-2)19(17)26-3)15(11-21(22)23)14-10-20-16-7-5-4-6-13(14)16/h4-10,15,20H,11H2,1-3H3/t15-/m0/s1. The van der Waals surface area contributed by atoms with Gasteiger partial charge >= 0.3 is 0 Å². The molecule has 0 saturated carbocycles. The fourth-order valence-corrected chi connectivity index (χ4v) is 3.22. The number of hydrogen-bond acceptors (Lipinski definition) is 5. The summed E-state index contributed by atoms with van der Waals surface area (Å²) >= 11 is 0. The number of fused-ring (bicyclic) bond motifs is 1. The van der Waals surface area contributed by atoms with E-state index in [1.54, 1.807) is 12.1 Å². The second-order valence-corrected chi connectivity index (χ2v) is 5.82. The molecule has 3 rings (SSSR count). The van der Waals surface area contributed by atoms with E-state index in [9.17, 15) is 10.1 Å². The van der Waals surface area contributed by atoms with Crippen molar-refractivity contribution in [2.45, 2.75) is 5.92 Å². The van der Waals surface area contributed by atoms with Crippen LogP contribution in [0.15, 0.2) is 42.6 Å². The number of nitrogens with zero attached hydrogens (tertiary/aromatic N) is 1. The van der Waals surface area contributed by atoms with Gasteiger partial charge in [-0.25, -0.2) is 0 Å². The zero-order chi connectivity index (χ0) is 18.7. The minimum Gasteiger partial charge on any atom is -0.493 e. The maximum absolute atomic E-state index is 11.4. The van der Waals surface area contributed by atoms with Gasteiger partial charge in [-0.1, -0.05) is 18.2 Å². The van der Waals surface area contributed by atoms with E-state index in [-0.39, 0.29) is 11.5 Å². The molecule has 0 spiro atoms. The Hall–Kier alpha value is -3.22. The van der Waals surface area contributed by atoms with Crippen molar-refractivity contribution in [2.24, 2.45) is 0 Å². The van der Waals surface area contributed by atoms with E-state index in [1.165, 1.54) is 21.3 Å². The first kappa shape index (κ1) is 17.6. The average Bonchev–Trinajstić information content (AvgIpc) is 3.08. The summed E-state index contributed by atoms with van der Waals surface area (Å²) in [5, 5.41) is 12.3. The van der Waals surface area contributed by atoms with Crippen molar-refractivity contribution in [3.63, 3.8) is 0 Å². The van der Waals surface area contributed by atoms with Gasteiger partial charge in [-0.05, 0) is 29.3 Å². The molecule has 3 aromatic rings. The summed E-state index contributed by atoms with van der Waals surface area (Å²) in [6.07, 6.45) is 1.82. The highest BCUT2D eigenvalue weighted by molar-refractivity contribution is 5.84. The fraction of sp³-hybridized carbons (Fsp3) is 0.263. The third-order valence-electron chi connectivity index (χ3n) is 4.42.